The molecule has 0 bridgehead atoms. The van der Waals surface area contributed by atoms with Crippen molar-refractivity contribution in [1.82, 2.24) is 14.9 Å². The van der Waals surface area contributed by atoms with Gasteiger partial charge >= 0.3 is 0 Å². The molecule has 0 aromatic carbocycles. The summed E-state index contributed by atoms with van der Waals surface area (Å²) in [5.41, 5.74) is 0. The number of anilines is 1. The summed E-state index contributed by atoms with van der Waals surface area (Å²) in [7, 11) is 3.83. The summed E-state index contributed by atoms with van der Waals surface area (Å²) in [6.45, 7) is 3.52. The van der Waals surface area contributed by atoms with Crippen molar-refractivity contribution in [3.63, 3.8) is 0 Å². The molecule has 0 saturated carbocycles. The van der Waals surface area contributed by atoms with Crippen LogP contribution in [0.5, 0.6) is 5.88 Å². The van der Waals surface area contributed by atoms with Gasteiger partial charge in [0.05, 0.1) is 18.9 Å². The molecule has 1 aromatic rings. The first-order chi connectivity index (χ1) is 10.1. The Kier molecular flexibility index (Phi) is 5.36. The van der Waals surface area contributed by atoms with Crippen molar-refractivity contribution in [2.75, 3.05) is 32.1 Å². The van der Waals surface area contributed by atoms with Gasteiger partial charge in [0, 0.05) is 33.5 Å². The standard InChI is InChI=1S/C15H24N4O2/c1-4-5-6-15(20)19-8-7-12(11-19)21-14-10-16-9-13(17-14)18(2)3/h9-10,12H,4-8,11H2,1-3H3. The lowest BCUT2D eigenvalue weighted by atomic mass is 10.2. The van der Waals surface area contributed by atoms with Gasteiger partial charge in [0.2, 0.25) is 11.8 Å². The molecule has 116 valence electrons. The molecule has 21 heavy (non-hydrogen) atoms. The zero-order valence-electron chi connectivity index (χ0n) is 13.1. The molecule has 1 amide bonds. The highest BCUT2D eigenvalue weighted by Gasteiger charge is 2.27. The minimum atomic E-state index is 0.0160. The molecule has 0 aliphatic carbocycles. The minimum absolute atomic E-state index is 0.0160. The maximum absolute atomic E-state index is 12.0. The number of amides is 1. The number of aromatic nitrogens is 2. The van der Waals surface area contributed by atoms with Crippen LogP contribution >= 0.6 is 0 Å². The zero-order valence-corrected chi connectivity index (χ0v) is 13.1. The number of likely N-dealkylation sites (tertiary alicyclic amines) is 1. The maximum atomic E-state index is 12.0. The predicted octanol–water partition coefficient (Wildman–Crippen LogP) is 1.71. The number of hydrogen-bond donors (Lipinski definition) is 0. The second-order valence-corrected chi connectivity index (χ2v) is 5.58. The minimum Gasteiger partial charge on any atom is -0.471 e. The lowest BCUT2D eigenvalue weighted by Crippen LogP contribution is -2.30. The van der Waals surface area contributed by atoms with E-state index in [1.165, 1.54) is 0 Å². The van der Waals surface area contributed by atoms with E-state index < -0.39 is 0 Å². The van der Waals surface area contributed by atoms with Crippen LogP contribution in [-0.2, 0) is 4.79 Å². The summed E-state index contributed by atoms with van der Waals surface area (Å²) in [6, 6.07) is 0. The van der Waals surface area contributed by atoms with Crippen LogP contribution < -0.4 is 9.64 Å². The number of hydrogen-bond acceptors (Lipinski definition) is 5. The molecule has 6 heteroatoms. The summed E-state index contributed by atoms with van der Waals surface area (Å²) >= 11 is 0. The van der Waals surface area contributed by atoms with Gasteiger partial charge in [0.15, 0.2) is 5.82 Å². The van der Waals surface area contributed by atoms with Gasteiger partial charge in [0.25, 0.3) is 0 Å². The third kappa shape index (κ3) is 4.31. The van der Waals surface area contributed by atoms with E-state index in [9.17, 15) is 4.79 Å². The van der Waals surface area contributed by atoms with Crippen LogP contribution in [0.1, 0.15) is 32.6 Å². The number of ether oxygens (including phenoxy) is 1. The van der Waals surface area contributed by atoms with Crippen molar-refractivity contribution in [2.24, 2.45) is 0 Å². The zero-order chi connectivity index (χ0) is 15.2. The van der Waals surface area contributed by atoms with Crippen LogP contribution in [0.3, 0.4) is 0 Å². The van der Waals surface area contributed by atoms with Gasteiger partial charge in [-0.05, 0) is 6.42 Å². The normalized spacial score (nSPS) is 17.9. The Balaban J connectivity index is 1.87. The van der Waals surface area contributed by atoms with Crippen molar-refractivity contribution in [1.29, 1.82) is 0 Å². The van der Waals surface area contributed by atoms with Gasteiger partial charge in [0.1, 0.15) is 6.10 Å². The van der Waals surface area contributed by atoms with Crippen molar-refractivity contribution < 1.29 is 9.53 Å². The molecule has 1 aromatic heterocycles. The van der Waals surface area contributed by atoms with Gasteiger partial charge in [-0.15, -0.1) is 0 Å². The van der Waals surface area contributed by atoms with Crippen molar-refractivity contribution >= 4 is 11.7 Å². The highest BCUT2D eigenvalue weighted by Crippen LogP contribution is 2.19. The lowest BCUT2D eigenvalue weighted by molar-refractivity contribution is -0.130. The molecule has 1 atom stereocenters. The lowest BCUT2D eigenvalue weighted by Gasteiger charge is -2.17. The van der Waals surface area contributed by atoms with Crippen LogP contribution in [0.15, 0.2) is 12.4 Å². The SMILES string of the molecule is CCCCC(=O)N1CCC(Oc2cncc(N(C)C)n2)C1. The van der Waals surface area contributed by atoms with Crippen LogP contribution in [0.2, 0.25) is 0 Å². The molecule has 0 N–H and O–H groups in total. The molecule has 2 heterocycles. The number of rotatable bonds is 6. The fourth-order valence-corrected chi connectivity index (χ4v) is 2.32. The first-order valence-corrected chi connectivity index (χ1v) is 7.54. The third-order valence-electron chi connectivity index (χ3n) is 3.59. The summed E-state index contributed by atoms with van der Waals surface area (Å²) < 4.78 is 5.86. The summed E-state index contributed by atoms with van der Waals surface area (Å²) in [5, 5.41) is 0. The van der Waals surface area contributed by atoms with Crippen molar-refractivity contribution in [3.05, 3.63) is 12.4 Å². The third-order valence-corrected chi connectivity index (χ3v) is 3.59. The Morgan fingerprint density at radius 2 is 2.29 bits per heavy atom. The molecule has 6 nitrogen and oxygen atoms in total. The second kappa shape index (κ2) is 7.24. The summed E-state index contributed by atoms with van der Waals surface area (Å²) in [4.78, 5) is 24.3. The van der Waals surface area contributed by atoms with E-state index in [1.54, 1.807) is 12.4 Å². The smallest absolute Gasteiger partial charge is 0.234 e. The Morgan fingerprint density at radius 1 is 1.48 bits per heavy atom. The van der Waals surface area contributed by atoms with E-state index in [4.69, 9.17) is 4.74 Å². The van der Waals surface area contributed by atoms with E-state index in [1.807, 2.05) is 23.9 Å². The molecule has 1 aliphatic rings. The average Bonchev–Trinajstić information content (AvgIpc) is 2.93. The van der Waals surface area contributed by atoms with Crippen LogP contribution in [-0.4, -0.2) is 54.1 Å². The molecule has 1 fully saturated rings. The second-order valence-electron chi connectivity index (χ2n) is 5.58. The van der Waals surface area contributed by atoms with Crippen molar-refractivity contribution in [3.8, 4) is 5.88 Å². The van der Waals surface area contributed by atoms with Crippen LogP contribution in [0.4, 0.5) is 5.82 Å². The topological polar surface area (TPSA) is 58.6 Å². The number of nitrogens with zero attached hydrogens (tertiary/aromatic N) is 4. The van der Waals surface area contributed by atoms with E-state index in [2.05, 4.69) is 16.9 Å². The Labute approximate surface area is 126 Å². The van der Waals surface area contributed by atoms with Gasteiger partial charge in [-0.3, -0.25) is 9.78 Å². The van der Waals surface area contributed by atoms with Gasteiger partial charge in [-0.25, -0.2) is 0 Å². The molecule has 1 saturated heterocycles. The summed E-state index contributed by atoms with van der Waals surface area (Å²) in [5.74, 6) is 1.52. The van der Waals surface area contributed by atoms with Crippen molar-refractivity contribution in [2.45, 2.75) is 38.7 Å². The monoisotopic (exact) mass is 292 g/mol. The first kappa shape index (κ1) is 15.5. The molecule has 2 rings (SSSR count). The van der Waals surface area contributed by atoms with E-state index in [-0.39, 0.29) is 12.0 Å². The number of carbonyl (C=O) groups is 1. The Bertz CT molecular complexity index is 478. The van der Waals surface area contributed by atoms with Gasteiger partial charge < -0.3 is 14.5 Å². The highest BCUT2D eigenvalue weighted by molar-refractivity contribution is 5.76. The average molecular weight is 292 g/mol. The Hall–Kier alpha value is -1.85. The molecular formula is C15H24N4O2. The molecule has 0 spiro atoms. The predicted molar refractivity (Wildman–Crippen MR) is 81.5 cm³/mol. The maximum Gasteiger partial charge on any atom is 0.234 e. The van der Waals surface area contributed by atoms with Gasteiger partial charge in [-0.1, -0.05) is 13.3 Å². The first-order valence-electron chi connectivity index (χ1n) is 7.54. The molecule has 1 aliphatic heterocycles. The van der Waals surface area contributed by atoms with Crippen LogP contribution in [0.25, 0.3) is 0 Å². The highest BCUT2D eigenvalue weighted by atomic mass is 16.5. The quantitative estimate of drug-likeness (QED) is 0.799. The van der Waals surface area contributed by atoms with Gasteiger partial charge in [-0.2, -0.15) is 4.98 Å². The molecule has 1 unspecified atom stereocenters. The summed E-state index contributed by atoms with van der Waals surface area (Å²) in [6.07, 6.45) is 6.83. The van der Waals surface area contributed by atoms with Crippen LogP contribution in [0, 0.1) is 0 Å². The fourth-order valence-electron chi connectivity index (χ4n) is 2.32. The number of unbranched alkanes of at least 4 members (excludes halogenated alkanes) is 1. The largest absolute Gasteiger partial charge is 0.471 e. The van der Waals surface area contributed by atoms with E-state index >= 15 is 0 Å². The molecular weight excluding hydrogens is 268 g/mol. The van der Waals surface area contributed by atoms with E-state index in [0.717, 1.165) is 31.6 Å². The molecule has 0 radical (unpaired) electrons. The Morgan fingerprint density at radius 3 is 3.00 bits per heavy atom. The fraction of sp³-hybridized carbons (Fsp3) is 0.667. The number of carbonyl (C=O) groups excluding carboxylic acids is 1. The van der Waals surface area contributed by atoms with E-state index in [0.29, 0.717) is 18.8 Å².